The zero-order valence-electron chi connectivity index (χ0n) is 17.9. The predicted octanol–water partition coefficient (Wildman–Crippen LogP) is 3.63. The molecule has 5 nitrogen and oxygen atoms in total. The summed E-state index contributed by atoms with van der Waals surface area (Å²) in [6.45, 7) is 2.44. The molecule has 164 valence electrons. The molecule has 31 heavy (non-hydrogen) atoms. The molecule has 2 fully saturated rings. The number of methoxy groups -OCH3 is 1. The molecule has 1 saturated carbocycles. The predicted molar refractivity (Wildman–Crippen MR) is 116 cm³/mol. The summed E-state index contributed by atoms with van der Waals surface area (Å²) in [5.74, 6) is 0.655. The summed E-state index contributed by atoms with van der Waals surface area (Å²) in [7, 11) is 1.63. The van der Waals surface area contributed by atoms with Gasteiger partial charge in [-0.2, -0.15) is 0 Å². The maximum atomic E-state index is 14.0. The molecule has 0 N–H and O–H groups in total. The molecule has 2 amide bonds. The Labute approximate surface area is 182 Å². The van der Waals surface area contributed by atoms with E-state index in [0.717, 1.165) is 17.7 Å². The average Bonchev–Trinajstić information content (AvgIpc) is 3.61. The molecule has 1 aliphatic heterocycles. The first-order valence-corrected chi connectivity index (χ1v) is 11.0. The van der Waals surface area contributed by atoms with E-state index in [-0.39, 0.29) is 29.5 Å². The highest BCUT2D eigenvalue weighted by Gasteiger charge is 2.46. The summed E-state index contributed by atoms with van der Waals surface area (Å²) in [6, 6.07) is 14.5. The summed E-state index contributed by atoms with van der Waals surface area (Å²) in [6.07, 6.45) is 2.63. The van der Waals surface area contributed by atoms with Gasteiger partial charge in [0.05, 0.1) is 7.11 Å². The van der Waals surface area contributed by atoms with Crippen molar-refractivity contribution in [3.05, 3.63) is 65.5 Å². The fourth-order valence-corrected chi connectivity index (χ4v) is 4.41. The van der Waals surface area contributed by atoms with Gasteiger partial charge in [-0.1, -0.05) is 30.3 Å². The van der Waals surface area contributed by atoms with Crippen molar-refractivity contribution in [3.63, 3.8) is 0 Å². The number of carbonyl (C=O) groups is 2. The number of amides is 2. The van der Waals surface area contributed by atoms with Crippen LogP contribution in [0.4, 0.5) is 4.39 Å². The second kappa shape index (κ2) is 9.50. The smallest absolute Gasteiger partial charge is 0.226 e. The van der Waals surface area contributed by atoms with Crippen LogP contribution in [-0.4, -0.2) is 54.9 Å². The molecule has 2 aliphatic rings. The van der Waals surface area contributed by atoms with Gasteiger partial charge in [0.25, 0.3) is 0 Å². The zero-order chi connectivity index (χ0) is 21.8. The Morgan fingerprint density at radius 1 is 1.00 bits per heavy atom. The number of hydrogen-bond donors (Lipinski definition) is 0. The van der Waals surface area contributed by atoms with Crippen LogP contribution in [0.25, 0.3) is 0 Å². The Hall–Kier alpha value is -2.89. The van der Waals surface area contributed by atoms with Crippen molar-refractivity contribution < 1.29 is 18.7 Å². The third kappa shape index (κ3) is 5.06. The normalized spacial score (nSPS) is 20.8. The fourth-order valence-electron chi connectivity index (χ4n) is 4.41. The number of halogens is 1. The van der Waals surface area contributed by atoms with E-state index in [1.165, 1.54) is 6.07 Å². The van der Waals surface area contributed by atoms with Crippen LogP contribution in [0.2, 0.25) is 0 Å². The molecule has 2 atom stereocenters. The number of carbonyl (C=O) groups excluding carboxylic acids is 2. The van der Waals surface area contributed by atoms with Gasteiger partial charge in [-0.3, -0.25) is 9.59 Å². The first-order valence-electron chi connectivity index (χ1n) is 11.0. The maximum Gasteiger partial charge on any atom is 0.226 e. The second-order valence-electron chi connectivity index (χ2n) is 8.38. The minimum atomic E-state index is -0.229. The van der Waals surface area contributed by atoms with Crippen molar-refractivity contribution in [2.45, 2.75) is 31.6 Å². The molecule has 0 radical (unpaired) electrons. The number of ether oxygens (including phenoxy) is 1. The van der Waals surface area contributed by atoms with E-state index in [4.69, 9.17) is 4.74 Å². The summed E-state index contributed by atoms with van der Waals surface area (Å²) < 4.78 is 19.2. The summed E-state index contributed by atoms with van der Waals surface area (Å²) >= 11 is 0. The minimum absolute atomic E-state index is 0.0146. The van der Waals surface area contributed by atoms with Crippen LogP contribution >= 0.6 is 0 Å². The van der Waals surface area contributed by atoms with Crippen molar-refractivity contribution >= 4 is 11.8 Å². The summed E-state index contributed by atoms with van der Waals surface area (Å²) in [4.78, 5) is 29.4. The Morgan fingerprint density at radius 2 is 1.71 bits per heavy atom. The lowest BCUT2D eigenvalue weighted by atomic mass is 10.1. The first kappa shape index (κ1) is 21.3. The summed E-state index contributed by atoms with van der Waals surface area (Å²) in [5.41, 5.74) is 1.75. The molecule has 0 bridgehead atoms. The van der Waals surface area contributed by atoms with Crippen molar-refractivity contribution in [2.24, 2.45) is 5.92 Å². The van der Waals surface area contributed by atoms with Gasteiger partial charge >= 0.3 is 0 Å². The molecule has 6 heteroatoms. The van der Waals surface area contributed by atoms with Gasteiger partial charge in [0.1, 0.15) is 11.6 Å². The molecule has 1 heterocycles. The van der Waals surface area contributed by atoms with Gasteiger partial charge in [-0.25, -0.2) is 4.39 Å². The van der Waals surface area contributed by atoms with Crippen LogP contribution in [0, 0.1) is 11.7 Å². The molecule has 4 rings (SSSR count). The Bertz CT molecular complexity index is 931. The fraction of sp³-hybridized carbons (Fsp3) is 0.440. The van der Waals surface area contributed by atoms with Crippen LogP contribution in [0.15, 0.2) is 48.5 Å². The van der Waals surface area contributed by atoms with Crippen LogP contribution in [-0.2, 0) is 16.0 Å². The van der Waals surface area contributed by atoms with Crippen LogP contribution in [0.3, 0.4) is 0 Å². The molecular weight excluding hydrogens is 395 g/mol. The van der Waals surface area contributed by atoms with E-state index >= 15 is 0 Å². The molecule has 2 aromatic rings. The summed E-state index contributed by atoms with van der Waals surface area (Å²) in [5, 5.41) is 0. The first-order chi connectivity index (χ1) is 15.1. The number of rotatable bonds is 6. The number of aryl methyl sites for hydroxylation is 1. The lowest BCUT2D eigenvalue weighted by Gasteiger charge is -2.22. The van der Waals surface area contributed by atoms with Crippen molar-refractivity contribution in [3.8, 4) is 5.75 Å². The molecule has 2 aromatic carbocycles. The third-order valence-electron chi connectivity index (χ3n) is 6.36. The van der Waals surface area contributed by atoms with Crippen LogP contribution in [0.5, 0.6) is 5.75 Å². The third-order valence-corrected chi connectivity index (χ3v) is 6.36. The lowest BCUT2D eigenvalue weighted by Crippen LogP contribution is -2.38. The van der Waals surface area contributed by atoms with E-state index in [1.54, 1.807) is 19.2 Å². The number of hydrogen-bond acceptors (Lipinski definition) is 3. The van der Waals surface area contributed by atoms with Gasteiger partial charge < -0.3 is 14.5 Å². The molecule has 0 aromatic heterocycles. The quantitative estimate of drug-likeness (QED) is 0.712. The van der Waals surface area contributed by atoms with Crippen LogP contribution < -0.4 is 4.74 Å². The van der Waals surface area contributed by atoms with E-state index in [2.05, 4.69) is 0 Å². The lowest BCUT2D eigenvalue weighted by molar-refractivity contribution is -0.134. The highest BCUT2D eigenvalue weighted by molar-refractivity contribution is 5.83. The van der Waals surface area contributed by atoms with Gasteiger partial charge in [0, 0.05) is 38.5 Å². The minimum Gasteiger partial charge on any atom is -0.497 e. The highest BCUT2D eigenvalue weighted by Crippen LogP contribution is 2.49. The van der Waals surface area contributed by atoms with Crippen molar-refractivity contribution in [1.29, 1.82) is 0 Å². The zero-order valence-corrected chi connectivity index (χ0v) is 17.9. The molecule has 1 saturated heterocycles. The van der Waals surface area contributed by atoms with Crippen molar-refractivity contribution in [1.82, 2.24) is 9.80 Å². The largest absolute Gasteiger partial charge is 0.497 e. The Morgan fingerprint density at radius 3 is 2.45 bits per heavy atom. The van der Waals surface area contributed by atoms with E-state index in [9.17, 15) is 14.0 Å². The maximum absolute atomic E-state index is 14.0. The average molecular weight is 425 g/mol. The number of benzene rings is 2. The molecule has 1 aliphatic carbocycles. The van der Waals surface area contributed by atoms with Gasteiger partial charge in [-0.05, 0) is 54.5 Å². The van der Waals surface area contributed by atoms with E-state index in [0.29, 0.717) is 51.0 Å². The van der Waals surface area contributed by atoms with Gasteiger partial charge in [0.2, 0.25) is 11.8 Å². The monoisotopic (exact) mass is 424 g/mol. The SMILES string of the molecule is COc1ccc(CCC(=O)N2CCCN(C(=O)C3CC3c3ccccc3F)CC2)cc1. The second-order valence-corrected chi connectivity index (χ2v) is 8.38. The van der Waals surface area contributed by atoms with E-state index in [1.807, 2.05) is 40.1 Å². The highest BCUT2D eigenvalue weighted by atomic mass is 19.1. The number of nitrogens with zero attached hydrogens (tertiary/aromatic N) is 2. The van der Waals surface area contributed by atoms with E-state index < -0.39 is 0 Å². The molecular formula is C25H29FN2O3. The van der Waals surface area contributed by atoms with Gasteiger partial charge in [-0.15, -0.1) is 0 Å². The van der Waals surface area contributed by atoms with Gasteiger partial charge in [0.15, 0.2) is 0 Å². The molecule has 0 spiro atoms. The Balaban J connectivity index is 1.26. The van der Waals surface area contributed by atoms with Crippen molar-refractivity contribution in [2.75, 3.05) is 33.3 Å². The topological polar surface area (TPSA) is 49.9 Å². The Kier molecular flexibility index (Phi) is 6.54. The standard InChI is InChI=1S/C25H29FN2O3/c1-31-19-10-7-18(8-11-19)9-12-24(29)27-13-4-14-28(16-15-27)25(30)22-17-21(22)20-5-2-3-6-23(20)26/h2-3,5-8,10-11,21-22H,4,9,12-17H2,1H3. The van der Waals surface area contributed by atoms with Crippen LogP contribution in [0.1, 0.15) is 36.3 Å². The molecule has 2 unspecified atom stereocenters.